The molecular formula is C24H26N4O. The second-order valence-electron chi connectivity index (χ2n) is 7.67. The van der Waals surface area contributed by atoms with Crippen LogP contribution in [-0.4, -0.2) is 26.9 Å². The molecular weight excluding hydrogens is 360 g/mol. The Hall–Kier alpha value is -3.18. The smallest absolute Gasteiger partial charge is 0.124 e. The van der Waals surface area contributed by atoms with Crippen LogP contribution < -0.4 is 0 Å². The number of aryl methyl sites for hydroxylation is 2. The zero-order valence-electron chi connectivity index (χ0n) is 17.3. The molecule has 2 aromatic carbocycles. The van der Waals surface area contributed by atoms with E-state index in [1.165, 1.54) is 16.7 Å². The summed E-state index contributed by atoms with van der Waals surface area (Å²) >= 11 is 0. The Morgan fingerprint density at radius 1 is 1.03 bits per heavy atom. The zero-order chi connectivity index (χ0) is 20.4. The second-order valence-corrected chi connectivity index (χ2v) is 7.67. The van der Waals surface area contributed by atoms with Gasteiger partial charge in [0.05, 0.1) is 17.4 Å². The van der Waals surface area contributed by atoms with E-state index in [1.807, 2.05) is 10.7 Å². The Balaban J connectivity index is 1.71. The predicted octanol–water partition coefficient (Wildman–Crippen LogP) is 5.34. The number of hydrogen-bond acceptors (Lipinski definition) is 4. The van der Waals surface area contributed by atoms with Gasteiger partial charge in [-0.1, -0.05) is 46.6 Å². The van der Waals surface area contributed by atoms with Crippen LogP contribution in [-0.2, 0) is 6.54 Å². The summed E-state index contributed by atoms with van der Waals surface area (Å²) in [5.74, 6) is 0. The summed E-state index contributed by atoms with van der Waals surface area (Å²) in [4.78, 5) is 2.26. The van der Waals surface area contributed by atoms with Crippen LogP contribution in [0.2, 0.25) is 0 Å². The Kier molecular flexibility index (Phi) is 5.32. The monoisotopic (exact) mass is 386 g/mol. The molecule has 0 unspecified atom stereocenters. The number of benzene rings is 2. The molecule has 0 aliphatic heterocycles. The number of aromatic nitrogens is 3. The van der Waals surface area contributed by atoms with E-state index in [2.05, 4.69) is 92.6 Å². The van der Waals surface area contributed by atoms with E-state index < -0.39 is 0 Å². The van der Waals surface area contributed by atoms with Crippen LogP contribution in [0.4, 0.5) is 0 Å². The molecule has 0 amide bonds. The summed E-state index contributed by atoms with van der Waals surface area (Å²) < 4.78 is 6.99. The van der Waals surface area contributed by atoms with E-state index in [0.717, 1.165) is 29.2 Å². The number of hydrogen-bond donors (Lipinski definition) is 0. The molecule has 0 radical (unpaired) electrons. The van der Waals surface area contributed by atoms with Crippen molar-refractivity contribution >= 4 is 0 Å². The van der Waals surface area contributed by atoms with Gasteiger partial charge in [-0.3, -0.25) is 4.90 Å². The van der Waals surface area contributed by atoms with Gasteiger partial charge in [-0.05, 0) is 46.0 Å². The Morgan fingerprint density at radius 3 is 2.52 bits per heavy atom. The van der Waals surface area contributed by atoms with Crippen LogP contribution in [0.25, 0.3) is 16.9 Å². The summed E-state index contributed by atoms with van der Waals surface area (Å²) in [6, 6.07) is 19.0. The van der Waals surface area contributed by atoms with Gasteiger partial charge in [-0.15, -0.1) is 0 Å². The molecule has 1 atom stereocenters. The van der Waals surface area contributed by atoms with Gasteiger partial charge in [0.1, 0.15) is 12.0 Å². The Bertz CT molecular complexity index is 1080. The van der Waals surface area contributed by atoms with Crippen LogP contribution in [0.3, 0.4) is 0 Å². The first-order valence-electron chi connectivity index (χ1n) is 9.84. The van der Waals surface area contributed by atoms with E-state index >= 15 is 0 Å². The third kappa shape index (κ3) is 4.15. The number of nitrogens with zero attached hydrogens (tertiary/aromatic N) is 4. The molecule has 0 bridgehead atoms. The summed E-state index contributed by atoms with van der Waals surface area (Å²) in [7, 11) is 2.10. The minimum absolute atomic E-state index is 0.141. The topological polar surface area (TPSA) is 47.1 Å². The average molecular weight is 386 g/mol. The lowest BCUT2D eigenvalue weighted by atomic mass is 10.0. The minimum Gasteiger partial charge on any atom is -0.364 e. The molecule has 0 fully saturated rings. The zero-order valence-corrected chi connectivity index (χ0v) is 17.3. The first-order chi connectivity index (χ1) is 14.0. The summed E-state index contributed by atoms with van der Waals surface area (Å²) in [5.41, 5.74) is 7.76. The largest absolute Gasteiger partial charge is 0.364 e. The van der Waals surface area contributed by atoms with Gasteiger partial charge in [0, 0.05) is 29.9 Å². The van der Waals surface area contributed by atoms with Crippen molar-refractivity contribution in [1.82, 2.24) is 19.8 Å². The van der Waals surface area contributed by atoms with E-state index in [1.54, 1.807) is 6.26 Å². The van der Waals surface area contributed by atoms with Crippen molar-refractivity contribution in [3.63, 3.8) is 0 Å². The molecule has 29 heavy (non-hydrogen) atoms. The molecule has 148 valence electrons. The van der Waals surface area contributed by atoms with Gasteiger partial charge in [0.15, 0.2) is 0 Å². The lowest BCUT2D eigenvalue weighted by molar-refractivity contribution is 0.241. The van der Waals surface area contributed by atoms with Crippen molar-refractivity contribution in [2.45, 2.75) is 33.4 Å². The average Bonchev–Trinajstić information content (AvgIpc) is 3.38. The lowest BCUT2D eigenvalue weighted by Gasteiger charge is -2.22. The second kappa shape index (κ2) is 8.05. The molecule has 5 nitrogen and oxygen atoms in total. The normalized spacial score (nSPS) is 12.4. The third-order valence-electron chi connectivity index (χ3n) is 5.35. The molecule has 0 aliphatic rings. The predicted molar refractivity (Wildman–Crippen MR) is 115 cm³/mol. The maximum Gasteiger partial charge on any atom is 0.124 e. The third-order valence-corrected chi connectivity index (χ3v) is 5.35. The van der Waals surface area contributed by atoms with E-state index in [0.29, 0.717) is 0 Å². The van der Waals surface area contributed by atoms with Crippen LogP contribution in [0.5, 0.6) is 0 Å². The van der Waals surface area contributed by atoms with Crippen LogP contribution in [0, 0.1) is 13.8 Å². The molecule has 0 saturated heterocycles. The minimum atomic E-state index is 0.141. The first kappa shape index (κ1) is 19.2. The lowest BCUT2D eigenvalue weighted by Crippen LogP contribution is -2.22. The van der Waals surface area contributed by atoms with Gasteiger partial charge in [0.2, 0.25) is 0 Å². The first-order valence-corrected chi connectivity index (χ1v) is 9.84. The highest BCUT2D eigenvalue weighted by molar-refractivity contribution is 5.64. The van der Waals surface area contributed by atoms with Crippen LogP contribution in [0.15, 0.2) is 71.6 Å². The molecule has 0 aliphatic carbocycles. The van der Waals surface area contributed by atoms with E-state index in [-0.39, 0.29) is 6.04 Å². The van der Waals surface area contributed by atoms with Crippen molar-refractivity contribution in [3.8, 4) is 16.9 Å². The van der Waals surface area contributed by atoms with Gasteiger partial charge >= 0.3 is 0 Å². The van der Waals surface area contributed by atoms with Crippen molar-refractivity contribution in [2.24, 2.45) is 0 Å². The molecule has 2 heterocycles. The van der Waals surface area contributed by atoms with E-state index in [4.69, 9.17) is 9.62 Å². The summed E-state index contributed by atoms with van der Waals surface area (Å²) in [6.07, 6.45) is 3.75. The summed E-state index contributed by atoms with van der Waals surface area (Å²) in [5, 5.41) is 9.05. The maximum atomic E-state index is 5.02. The number of rotatable bonds is 6. The maximum absolute atomic E-state index is 5.02. The fraction of sp³-hybridized carbons (Fsp3) is 0.250. The highest BCUT2D eigenvalue weighted by Crippen LogP contribution is 2.28. The highest BCUT2D eigenvalue weighted by Gasteiger charge is 2.19. The fourth-order valence-electron chi connectivity index (χ4n) is 3.46. The molecule has 0 spiro atoms. The molecule has 0 saturated carbocycles. The van der Waals surface area contributed by atoms with Gasteiger partial charge in [-0.25, -0.2) is 4.68 Å². The fourth-order valence-corrected chi connectivity index (χ4v) is 3.46. The van der Waals surface area contributed by atoms with Crippen molar-refractivity contribution in [1.29, 1.82) is 0 Å². The van der Waals surface area contributed by atoms with Crippen molar-refractivity contribution in [2.75, 3.05) is 7.05 Å². The summed E-state index contributed by atoms with van der Waals surface area (Å²) in [6.45, 7) is 7.09. The molecule has 2 aromatic heterocycles. The van der Waals surface area contributed by atoms with Crippen molar-refractivity contribution in [3.05, 3.63) is 89.4 Å². The Morgan fingerprint density at radius 2 is 1.83 bits per heavy atom. The highest BCUT2D eigenvalue weighted by atomic mass is 16.5. The molecule has 4 rings (SSSR count). The standard InChI is InChI=1S/C24H26N4O/c1-17-8-10-22(11-9-17)28-16-21(15-27(4)19(3)23-12-13-29-26-23)24(25-28)20-7-5-6-18(2)14-20/h5-14,16,19H,15H2,1-4H3/t19-/m1/s1. The SMILES string of the molecule is Cc1ccc(-n2cc(CN(C)[C@H](C)c3ccon3)c(-c3cccc(C)c3)n2)cc1. The van der Waals surface area contributed by atoms with Crippen molar-refractivity contribution < 1.29 is 4.52 Å². The van der Waals surface area contributed by atoms with Crippen LogP contribution >= 0.6 is 0 Å². The van der Waals surface area contributed by atoms with Gasteiger partial charge in [-0.2, -0.15) is 5.10 Å². The quantitative estimate of drug-likeness (QED) is 0.449. The van der Waals surface area contributed by atoms with Gasteiger partial charge < -0.3 is 4.52 Å². The van der Waals surface area contributed by atoms with E-state index in [9.17, 15) is 0 Å². The molecule has 4 aromatic rings. The molecule has 5 heteroatoms. The van der Waals surface area contributed by atoms with Gasteiger partial charge in [0.25, 0.3) is 0 Å². The van der Waals surface area contributed by atoms with Crippen LogP contribution in [0.1, 0.15) is 35.3 Å². The Labute approximate surface area is 171 Å². The molecule has 0 N–H and O–H groups in total.